The number of nitrogens with one attached hydrogen (secondary N) is 2. The molecule has 0 bridgehead atoms. The van der Waals surface area contributed by atoms with Crippen LogP contribution in [0.25, 0.3) is 11.1 Å². The minimum atomic E-state index is -3.56. The van der Waals surface area contributed by atoms with E-state index < -0.39 is 39.0 Å². The Bertz CT molecular complexity index is 1390. The van der Waals surface area contributed by atoms with Gasteiger partial charge in [-0.2, -0.15) is 0 Å². The Kier molecular flexibility index (Phi) is 11.0. The zero-order chi connectivity index (χ0) is 31.9. The highest BCUT2D eigenvalue weighted by Gasteiger charge is 2.32. The van der Waals surface area contributed by atoms with Crippen LogP contribution in [-0.4, -0.2) is 86.1 Å². The van der Waals surface area contributed by atoms with Gasteiger partial charge >= 0.3 is 18.0 Å². The van der Waals surface area contributed by atoms with Crippen molar-refractivity contribution < 1.29 is 37.4 Å². The molecule has 44 heavy (non-hydrogen) atoms. The van der Waals surface area contributed by atoms with Crippen LogP contribution in [0.5, 0.6) is 0 Å². The number of benzene rings is 2. The van der Waals surface area contributed by atoms with E-state index in [1.165, 1.54) is 0 Å². The minimum Gasteiger partial charge on any atom is -0.480 e. The number of likely N-dealkylation sites (tertiary alicyclic amines) is 1. The van der Waals surface area contributed by atoms with Crippen molar-refractivity contribution in [3.63, 3.8) is 0 Å². The molecule has 1 aliphatic carbocycles. The van der Waals surface area contributed by atoms with Crippen molar-refractivity contribution in [2.75, 3.05) is 32.8 Å². The third kappa shape index (κ3) is 9.02. The lowest BCUT2D eigenvalue weighted by Crippen LogP contribution is -2.45. The summed E-state index contributed by atoms with van der Waals surface area (Å²) in [5.74, 6) is -1.65. The Morgan fingerprint density at radius 1 is 0.977 bits per heavy atom. The fraction of sp³-hybridized carbons (Fsp3) is 0.531. The largest absolute Gasteiger partial charge is 0.480 e. The maximum Gasteiger partial charge on any atom is 0.407 e. The molecule has 11 nitrogen and oxygen atoms in total. The highest BCUT2D eigenvalue weighted by Crippen LogP contribution is 2.44. The second-order valence-corrected chi connectivity index (χ2v) is 14.4. The molecule has 12 heteroatoms. The maximum atomic E-state index is 12.8. The highest BCUT2D eigenvalue weighted by atomic mass is 32.2. The van der Waals surface area contributed by atoms with E-state index in [0.717, 1.165) is 22.3 Å². The summed E-state index contributed by atoms with van der Waals surface area (Å²) in [6.07, 6.45) is 0.930. The Morgan fingerprint density at radius 3 is 2.14 bits per heavy atom. The standard InChI is InChI=1S/C32H43N3O8S/c1-32(2,3)43-29(36)20-35-18-15-22(16-19-35)44(40,41)33-17-9-8-14-28(30(37)38)34-31(39)42-21-27-25-12-6-4-10-23(25)24-11-5-7-13-26(24)27/h4-7,10-13,22,27-28,33H,8-9,14-21H2,1-3H3,(H,34,39)(H,37,38)/t28-/m1/s1. The SMILES string of the molecule is CC(C)(C)OC(=O)CN1CCC(S(=O)(=O)NCCCC[C@@H](NC(=O)OCC2c3ccccc3-c3ccccc32)C(=O)O)CC1. The molecule has 1 amide bonds. The summed E-state index contributed by atoms with van der Waals surface area (Å²) in [6, 6.07) is 14.7. The summed E-state index contributed by atoms with van der Waals surface area (Å²) in [5, 5.41) is 11.5. The van der Waals surface area contributed by atoms with E-state index in [1.54, 1.807) is 20.8 Å². The Hall–Kier alpha value is -3.48. The molecule has 2 aromatic rings. The number of fused-ring (bicyclic) bond motifs is 3. The number of aliphatic carboxylic acids is 1. The van der Waals surface area contributed by atoms with Crippen LogP contribution in [-0.2, 0) is 29.1 Å². The van der Waals surface area contributed by atoms with Gasteiger partial charge in [-0.15, -0.1) is 0 Å². The van der Waals surface area contributed by atoms with Gasteiger partial charge in [-0.25, -0.2) is 22.7 Å². The molecule has 4 rings (SSSR count). The number of hydrogen-bond acceptors (Lipinski definition) is 8. The molecule has 1 heterocycles. The van der Waals surface area contributed by atoms with Gasteiger partial charge in [0.15, 0.2) is 0 Å². The van der Waals surface area contributed by atoms with Crippen LogP contribution >= 0.6 is 0 Å². The van der Waals surface area contributed by atoms with Gasteiger partial charge in [0.05, 0.1) is 11.8 Å². The van der Waals surface area contributed by atoms with Crippen molar-refractivity contribution in [2.45, 2.75) is 75.7 Å². The number of sulfonamides is 1. The zero-order valence-corrected chi connectivity index (χ0v) is 26.4. The number of esters is 1. The van der Waals surface area contributed by atoms with Crippen molar-refractivity contribution >= 4 is 28.1 Å². The monoisotopic (exact) mass is 629 g/mol. The molecule has 1 aliphatic heterocycles. The Balaban J connectivity index is 1.16. The minimum absolute atomic E-state index is 0.0773. The van der Waals surface area contributed by atoms with Gasteiger partial charge in [0.2, 0.25) is 10.0 Å². The lowest BCUT2D eigenvalue weighted by molar-refractivity contribution is -0.156. The first kappa shape index (κ1) is 33.4. The molecule has 3 N–H and O–H groups in total. The van der Waals surface area contributed by atoms with Crippen molar-refractivity contribution in [1.29, 1.82) is 0 Å². The number of carboxylic acid groups (broad SMARTS) is 1. The summed E-state index contributed by atoms with van der Waals surface area (Å²) in [6.45, 7) is 6.74. The van der Waals surface area contributed by atoms with Crippen LogP contribution in [0.3, 0.4) is 0 Å². The number of rotatable bonds is 13. The van der Waals surface area contributed by atoms with Gasteiger partial charge in [0, 0.05) is 25.6 Å². The molecule has 2 aliphatic rings. The number of piperidine rings is 1. The van der Waals surface area contributed by atoms with Crippen molar-refractivity contribution in [3.05, 3.63) is 59.7 Å². The topological polar surface area (TPSA) is 151 Å². The molecule has 0 saturated carbocycles. The smallest absolute Gasteiger partial charge is 0.407 e. The van der Waals surface area contributed by atoms with E-state index >= 15 is 0 Å². The summed E-state index contributed by atoms with van der Waals surface area (Å²) >= 11 is 0. The number of hydrogen-bond donors (Lipinski definition) is 3. The molecule has 0 unspecified atom stereocenters. The molecule has 240 valence electrons. The average molecular weight is 630 g/mol. The van der Waals surface area contributed by atoms with Crippen LogP contribution in [0, 0.1) is 0 Å². The Labute approximate surface area is 259 Å². The van der Waals surface area contributed by atoms with Crippen molar-refractivity contribution in [1.82, 2.24) is 14.9 Å². The van der Waals surface area contributed by atoms with Crippen LogP contribution in [0.15, 0.2) is 48.5 Å². The van der Waals surface area contributed by atoms with Crippen LogP contribution in [0.2, 0.25) is 0 Å². The molecular formula is C32H43N3O8S. The van der Waals surface area contributed by atoms with E-state index in [-0.39, 0.29) is 38.0 Å². The molecule has 1 saturated heterocycles. The van der Waals surface area contributed by atoms with Crippen molar-refractivity contribution in [2.24, 2.45) is 0 Å². The van der Waals surface area contributed by atoms with Gasteiger partial charge in [0.1, 0.15) is 18.2 Å². The third-order valence-electron chi connectivity index (χ3n) is 7.90. The van der Waals surface area contributed by atoms with Gasteiger partial charge in [-0.3, -0.25) is 9.69 Å². The van der Waals surface area contributed by atoms with Crippen LogP contribution < -0.4 is 10.0 Å². The number of ether oxygens (including phenoxy) is 2. The average Bonchev–Trinajstić information content (AvgIpc) is 3.28. The fourth-order valence-corrected chi connectivity index (χ4v) is 7.28. The first-order valence-corrected chi connectivity index (χ1v) is 16.7. The summed E-state index contributed by atoms with van der Waals surface area (Å²) in [4.78, 5) is 38.3. The maximum absolute atomic E-state index is 12.8. The lowest BCUT2D eigenvalue weighted by Gasteiger charge is -2.31. The van der Waals surface area contributed by atoms with Crippen LogP contribution in [0.1, 0.15) is 69.9 Å². The number of carboxylic acids is 1. The molecule has 2 aromatic carbocycles. The molecule has 1 fully saturated rings. The van der Waals surface area contributed by atoms with E-state index in [0.29, 0.717) is 38.8 Å². The fourth-order valence-electron chi connectivity index (χ4n) is 5.78. The number of nitrogens with zero attached hydrogens (tertiary/aromatic N) is 1. The number of carbonyl (C=O) groups excluding carboxylic acids is 2. The van der Waals surface area contributed by atoms with Crippen LogP contribution in [0.4, 0.5) is 4.79 Å². The van der Waals surface area contributed by atoms with Gasteiger partial charge in [0.25, 0.3) is 0 Å². The normalized spacial score (nSPS) is 16.5. The Morgan fingerprint density at radius 2 is 1.57 bits per heavy atom. The highest BCUT2D eigenvalue weighted by molar-refractivity contribution is 7.90. The zero-order valence-electron chi connectivity index (χ0n) is 25.6. The number of amides is 1. The third-order valence-corrected chi connectivity index (χ3v) is 9.86. The summed E-state index contributed by atoms with van der Waals surface area (Å²) in [5.41, 5.74) is 3.75. The van der Waals surface area contributed by atoms with E-state index in [4.69, 9.17) is 9.47 Å². The summed E-state index contributed by atoms with van der Waals surface area (Å²) in [7, 11) is -3.56. The quantitative estimate of drug-likeness (QED) is 0.222. The second-order valence-electron chi connectivity index (χ2n) is 12.4. The molecule has 0 spiro atoms. The number of alkyl carbamates (subject to hydrolysis) is 1. The first-order chi connectivity index (χ1) is 20.8. The molecule has 0 radical (unpaired) electrons. The second kappa shape index (κ2) is 14.5. The van der Waals surface area contributed by atoms with E-state index in [2.05, 4.69) is 10.0 Å². The lowest BCUT2D eigenvalue weighted by atomic mass is 9.98. The predicted molar refractivity (Wildman–Crippen MR) is 166 cm³/mol. The van der Waals surface area contributed by atoms with E-state index in [9.17, 15) is 27.9 Å². The summed E-state index contributed by atoms with van der Waals surface area (Å²) < 4.78 is 39.0. The van der Waals surface area contributed by atoms with Crippen molar-refractivity contribution in [3.8, 4) is 11.1 Å². The van der Waals surface area contributed by atoms with Gasteiger partial charge in [-0.05, 0) is 75.1 Å². The number of carbonyl (C=O) groups is 3. The number of unbranched alkanes of at least 4 members (excludes halogenated alkanes) is 1. The molecule has 1 atom stereocenters. The molecular weight excluding hydrogens is 586 g/mol. The van der Waals surface area contributed by atoms with Gasteiger partial charge < -0.3 is 19.9 Å². The first-order valence-electron chi connectivity index (χ1n) is 15.1. The molecule has 0 aromatic heterocycles. The van der Waals surface area contributed by atoms with E-state index in [1.807, 2.05) is 53.4 Å². The predicted octanol–water partition coefficient (Wildman–Crippen LogP) is 3.87. The van der Waals surface area contributed by atoms with Gasteiger partial charge in [-0.1, -0.05) is 48.5 Å².